The van der Waals surface area contributed by atoms with E-state index >= 15 is 0 Å². The van der Waals surface area contributed by atoms with Crippen molar-refractivity contribution < 1.29 is 14.3 Å². The molecule has 1 aliphatic rings. The maximum Gasteiger partial charge on any atom is 0.409 e. The highest BCUT2D eigenvalue weighted by molar-refractivity contribution is 5.67. The van der Waals surface area contributed by atoms with Crippen LogP contribution in [0.25, 0.3) is 11.4 Å². The molecule has 0 atom stereocenters. The molecule has 7 nitrogen and oxygen atoms in total. The second-order valence-corrected chi connectivity index (χ2v) is 5.89. The van der Waals surface area contributed by atoms with Crippen molar-refractivity contribution in [2.75, 3.05) is 26.8 Å². The molecule has 1 saturated heterocycles. The van der Waals surface area contributed by atoms with E-state index in [4.69, 9.17) is 9.47 Å². The third-order valence-corrected chi connectivity index (χ3v) is 4.36. The van der Waals surface area contributed by atoms with Gasteiger partial charge in [-0.2, -0.15) is 5.10 Å². The number of ether oxygens (including phenoxy) is 2. The third kappa shape index (κ3) is 4.04. The molecule has 3 heterocycles. The van der Waals surface area contributed by atoms with Gasteiger partial charge in [-0.25, -0.2) is 4.79 Å². The number of pyridine rings is 1. The van der Waals surface area contributed by atoms with E-state index in [1.807, 2.05) is 18.2 Å². The normalized spacial score (nSPS) is 15.3. The Morgan fingerprint density at radius 3 is 2.79 bits per heavy atom. The Balaban J connectivity index is 1.40. The lowest BCUT2D eigenvalue weighted by Gasteiger charge is -2.30. The molecule has 128 valence electrons. The summed E-state index contributed by atoms with van der Waals surface area (Å²) in [5.74, 6) is 1.35. The molecule has 0 bridgehead atoms. The molecule has 0 unspecified atom stereocenters. The summed E-state index contributed by atoms with van der Waals surface area (Å²) in [5, 5.41) is 6.80. The van der Waals surface area contributed by atoms with Crippen molar-refractivity contribution in [1.82, 2.24) is 20.1 Å². The van der Waals surface area contributed by atoms with Gasteiger partial charge in [0.15, 0.2) is 0 Å². The highest BCUT2D eigenvalue weighted by Crippen LogP contribution is 2.22. The van der Waals surface area contributed by atoms with Crippen molar-refractivity contribution >= 4 is 6.09 Å². The molecule has 3 rings (SSSR count). The number of H-pyrrole nitrogens is 1. The molecule has 1 aliphatic heterocycles. The van der Waals surface area contributed by atoms with Gasteiger partial charge in [0.25, 0.3) is 0 Å². The van der Waals surface area contributed by atoms with Crippen molar-refractivity contribution in [1.29, 1.82) is 0 Å². The van der Waals surface area contributed by atoms with Crippen LogP contribution in [0.3, 0.4) is 0 Å². The lowest BCUT2D eigenvalue weighted by Crippen LogP contribution is -2.38. The standard InChI is InChI=1S/C17H22N4O3/c1-23-17(22)21-9-5-13(6-10-21)7-11-24-14-2-3-15(18-12-14)16-4-8-19-20-16/h2-4,8,12-13H,5-7,9-11H2,1H3,(H,19,20). The minimum atomic E-state index is -0.229. The number of carbonyl (C=O) groups is 1. The van der Waals surface area contributed by atoms with E-state index in [1.54, 1.807) is 17.3 Å². The van der Waals surface area contributed by atoms with Crippen LogP contribution in [0, 0.1) is 5.92 Å². The molecule has 1 fully saturated rings. The van der Waals surface area contributed by atoms with Crippen LogP contribution in [-0.2, 0) is 4.74 Å². The second-order valence-electron chi connectivity index (χ2n) is 5.89. The number of rotatable bonds is 5. The average Bonchev–Trinajstić information content (AvgIpc) is 3.17. The summed E-state index contributed by atoms with van der Waals surface area (Å²) in [5.41, 5.74) is 1.73. The molecule has 1 N–H and O–H groups in total. The average molecular weight is 330 g/mol. The van der Waals surface area contributed by atoms with Crippen molar-refractivity contribution in [3.05, 3.63) is 30.6 Å². The van der Waals surface area contributed by atoms with Crippen LogP contribution in [0.5, 0.6) is 5.75 Å². The molecule has 0 saturated carbocycles. The summed E-state index contributed by atoms with van der Waals surface area (Å²) in [4.78, 5) is 17.6. The van der Waals surface area contributed by atoms with E-state index in [0.717, 1.165) is 49.5 Å². The molecular weight excluding hydrogens is 308 g/mol. The van der Waals surface area contributed by atoms with Crippen LogP contribution in [0.1, 0.15) is 19.3 Å². The number of aromatic nitrogens is 3. The van der Waals surface area contributed by atoms with Crippen LogP contribution in [-0.4, -0.2) is 53.0 Å². The summed E-state index contributed by atoms with van der Waals surface area (Å²) >= 11 is 0. The Labute approximate surface area is 141 Å². The van der Waals surface area contributed by atoms with Gasteiger partial charge in [0.05, 0.1) is 31.3 Å². The molecular formula is C17H22N4O3. The fourth-order valence-corrected chi connectivity index (χ4v) is 2.90. The number of hydrogen-bond acceptors (Lipinski definition) is 5. The lowest BCUT2D eigenvalue weighted by molar-refractivity contribution is 0.102. The maximum atomic E-state index is 11.5. The van der Waals surface area contributed by atoms with E-state index < -0.39 is 0 Å². The molecule has 0 radical (unpaired) electrons. The van der Waals surface area contributed by atoms with Crippen molar-refractivity contribution in [3.8, 4) is 17.1 Å². The first kappa shape index (κ1) is 16.3. The molecule has 0 aliphatic carbocycles. The molecule has 0 aromatic carbocycles. The molecule has 2 aromatic rings. The minimum absolute atomic E-state index is 0.229. The highest BCUT2D eigenvalue weighted by atomic mass is 16.5. The Bertz CT molecular complexity index is 634. The zero-order chi connectivity index (χ0) is 16.8. The van der Waals surface area contributed by atoms with Crippen molar-refractivity contribution in [2.24, 2.45) is 5.92 Å². The van der Waals surface area contributed by atoms with Crippen LogP contribution < -0.4 is 4.74 Å². The van der Waals surface area contributed by atoms with Crippen LogP contribution in [0.2, 0.25) is 0 Å². The largest absolute Gasteiger partial charge is 0.492 e. The number of piperidine rings is 1. The fourth-order valence-electron chi connectivity index (χ4n) is 2.90. The first-order chi connectivity index (χ1) is 11.8. The van der Waals surface area contributed by atoms with Gasteiger partial charge in [-0.1, -0.05) is 0 Å². The number of aromatic amines is 1. The predicted molar refractivity (Wildman–Crippen MR) is 88.6 cm³/mol. The summed E-state index contributed by atoms with van der Waals surface area (Å²) < 4.78 is 10.5. The SMILES string of the molecule is COC(=O)N1CCC(CCOc2ccc(-c3ccn[nH]3)nc2)CC1. The van der Waals surface area contributed by atoms with E-state index in [1.165, 1.54) is 7.11 Å². The molecule has 24 heavy (non-hydrogen) atoms. The highest BCUT2D eigenvalue weighted by Gasteiger charge is 2.22. The van der Waals surface area contributed by atoms with E-state index in [0.29, 0.717) is 12.5 Å². The van der Waals surface area contributed by atoms with Crippen LogP contribution >= 0.6 is 0 Å². The van der Waals surface area contributed by atoms with E-state index in [-0.39, 0.29) is 6.09 Å². The number of carbonyl (C=O) groups excluding carboxylic acids is 1. The van der Waals surface area contributed by atoms with Crippen LogP contribution in [0.4, 0.5) is 4.79 Å². The Morgan fingerprint density at radius 2 is 2.17 bits per heavy atom. The van der Waals surface area contributed by atoms with Gasteiger partial charge in [0.1, 0.15) is 5.75 Å². The lowest BCUT2D eigenvalue weighted by atomic mass is 9.94. The summed E-state index contributed by atoms with van der Waals surface area (Å²) in [6.45, 7) is 2.18. The molecule has 7 heteroatoms. The summed E-state index contributed by atoms with van der Waals surface area (Å²) in [6.07, 6.45) is 6.18. The molecule has 2 aromatic heterocycles. The minimum Gasteiger partial charge on any atom is -0.492 e. The monoisotopic (exact) mass is 330 g/mol. The van der Waals surface area contributed by atoms with Gasteiger partial charge in [-0.15, -0.1) is 0 Å². The van der Waals surface area contributed by atoms with Gasteiger partial charge in [0, 0.05) is 19.3 Å². The Kier molecular flexibility index (Phi) is 5.30. The number of methoxy groups -OCH3 is 1. The quantitative estimate of drug-likeness (QED) is 0.912. The van der Waals surface area contributed by atoms with Gasteiger partial charge in [-0.3, -0.25) is 10.1 Å². The van der Waals surface area contributed by atoms with Crippen molar-refractivity contribution in [2.45, 2.75) is 19.3 Å². The Morgan fingerprint density at radius 1 is 1.33 bits per heavy atom. The Hall–Kier alpha value is -2.57. The fraction of sp³-hybridized carbons (Fsp3) is 0.471. The topological polar surface area (TPSA) is 80.3 Å². The van der Waals surface area contributed by atoms with Crippen LogP contribution in [0.15, 0.2) is 30.6 Å². The number of likely N-dealkylation sites (tertiary alicyclic amines) is 1. The van der Waals surface area contributed by atoms with Crippen molar-refractivity contribution in [3.63, 3.8) is 0 Å². The zero-order valence-corrected chi connectivity index (χ0v) is 13.8. The zero-order valence-electron chi connectivity index (χ0n) is 13.8. The third-order valence-electron chi connectivity index (χ3n) is 4.36. The number of amides is 1. The maximum absolute atomic E-state index is 11.5. The number of nitrogens with zero attached hydrogens (tertiary/aromatic N) is 3. The first-order valence-electron chi connectivity index (χ1n) is 8.18. The second kappa shape index (κ2) is 7.81. The smallest absolute Gasteiger partial charge is 0.409 e. The van der Waals surface area contributed by atoms with E-state index in [9.17, 15) is 4.79 Å². The van der Waals surface area contributed by atoms with E-state index in [2.05, 4.69) is 15.2 Å². The number of hydrogen-bond donors (Lipinski definition) is 1. The first-order valence-corrected chi connectivity index (χ1v) is 8.18. The summed E-state index contributed by atoms with van der Waals surface area (Å²) in [6, 6.07) is 5.71. The predicted octanol–water partition coefficient (Wildman–Crippen LogP) is 2.72. The van der Waals surface area contributed by atoms with Gasteiger partial charge < -0.3 is 14.4 Å². The van der Waals surface area contributed by atoms with Gasteiger partial charge >= 0.3 is 6.09 Å². The van der Waals surface area contributed by atoms with Gasteiger partial charge in [0.2, 0.25) is 0 Å². The summed E-state index contributed by atoms with van der Waals surface area (Å²) in [7, 11) is 1.42. The molecule has 0 spiro atoms. The number of nitrogens with one attached hydrogen (secondary N) is 1. The van der Waals surface area contributed by atoms with Gasteiger partial charge in [-0.05, 0) is 43.4 Å². The molecule has 1 amide bonds.